The predicted octanol–water partition coefficient (Wildman–Crippen LogP) is 13.6. The first kappa shape index (κ1) is 40.7. The van der Waals surface area contributed by atoms with E-state index in [0.29, 0.717) is 6.04 Å². The molecule has 0 saturated carbocycles. The molecule has 0 spiro atoms. The molecule has 0 atom stereocenters. The molecule has 0 bridgehead atoms. The van der Waals surface area contributed by atoms with Gasteiger partial charge in [-0.3, -0.25) is 9.78 Å². The van der Waals surface area contributed by atoms with Crippen LogP contribution in [-0.4, -0.2) is 15.9 Å². The van der Waals surface area contributed by atoms with E-state index >= 15 is 0 Å². The van der Waals surface area contributed by atoms with Gasteiger partial charge in [-0.05, 0) is 84.0 Å². The maximum absolute atomic E-state index is 11.7. The number of aromatic nitrogens is 1. The molecule has 2 heterocycles. The molecule has 0 aliphatic rings. The Hall–Kier alpha value is -3.11. The van der Waals surface area contributed by atoms with Gasteiger partial charge in [0.15, 0.2) is 5.78 Å². The number of pyridine rings is 1. The van der Waals surface area contributed by atoms with E-state index in [1.54, 1.807) is 11.3 Å². The summed E-state index contributed by atoms with van der Waals surface area (Å²) in [5.41, 5.74) is 7.14. The van der Waals surface area contributed by atoms with E-state index in [-0.39, 0.29) is 54.3 Å². The Morgan fingerprint density at radius 1 is 0.941 bits per heavy atom. The van der Waals surface area contributed by atoms with Crippen molar-refractivity contribution in [2.75, 3.05) is 0 Å². The van der Waals surface area contributed by atoms with Crippen LogP contribution in [-0.2, 0) is 36.7 Å². The largest absolute Gasteiger partial charge is 0.512 e. The van der Waals surface area contributed by atoms with Crippen molar-refractivity contribution in [1.82, 2.24) is 4.98 Å². The van der Waals surface area contributed by atoms with Gasteiger partial charge in [0.25, 0.3) is 0 Å². The molecule has 2 aromatic heterocycles. The molecule has 0 aliphatic carbocycles. The first-order chi connectivity index (χ1) is 24.0. The number of aryl methyl sites for hydroxylation is 1. The summed E-state index contributed by atoms with van der Waals surface area (Å²) in [7, 11) is 0. The molecule has 1 radical (unpaired) electrons. The molecule has 0 aliphatic heterocycles. The van der Waals surface area contributed by atoms with E-state index in [1.807, 2.05) is 40.0 Å². The fourth-order valence-electron chi connectivity index (χ4n) is 6.67. The van der Waals surface area contributed by atoms with Crippen LogP contribution in [0.25, 0.3) is 42.6 Å². The molecule has 0 unspecified atom stereocenters. The number of nitrogens with zero attached hydrogens (tertiary/aromatic N) is 1. The third-order valence-corrected chi connectivity index (χ3v) is 10.7. The second-order valence-electron chi connectivity index (χ2n) is 15.9. The van der Waals surface area contributed by atoms with Gasteiger partial charge in [0.05, 0.1) is 7.13 Å². The number of hydrogen-bond acceptors (Lipinski definition) is 4. The minimum atomic E-state index is -0.00947. The zero-order valence-corrected chi connectivity index (χ0v) is 35.8. The van der Waals surface area contributed by atoms with Crippen LogP contribution in [0.15, 0.2) is 78.7 Å². The Labute approximate surface area is 326 Å². The van der Waals surface area contributed by atoms with Gasteiger partial charge in [-0.1, -0.05) is 117 Å². The van der Waals surface area contributed by atoms with E-state index in [0.717, 1.165) is 69.3 Å². The van der Waals surface area contributed by atoms with Crippen LogP contribution in [0.4, 0.5) is 0 Å². The Balaban J connectivity index is 0.000000389. The van der Waals surface area contributed by atoms with Crippen LogP contribution >= 0.6 is 11.3 Å². The molecule has 3 aromatic carbocycles. The normalized spacial score (nSPS) is 12.6. The first-order valence-electron chi connectivity index (χ1n) is 18.9. The molecule has 1 N–H and O–H groups in total. The van der Waals surface area contributed by atoms with Gasteiger partial charge in [0.2, 0.25) is 0 Å². The number of ketones is 1. The third kappa shape index (κ3) is 10.7. The maximum atomic E-state index is 11.7. The number of carbonyl (C=O) groups is 1. The van der Waals surface area contributed by atoms with Gasteiger partial charge in [-0.2, -0.15) is 0 Å². The van der Waals surface area contributed by atoms with Crippen molar-refractivity contribution in [3.05, 3.63) is 101 Å². The number of benzene rings is 3. The molecular formula is C46H58IrNO2S-. The monoisotopic (exact) mass is 882 g/mol. The average molecular weight is 882 g/mol. The molecule has 5 aromatic rings. The van der Waals surface area contributed by atoms with Crippen molar-refractivity contribution in [2.24, 2.45) is 17.3 Å². The number of carbonyl (C=O) groups excluding carboxylic acids is 1. The molecule has 0 saturated heterocycles. The maximum Gasteiger partial charge on any atom is 0.162 e. The zero-order valence-electron chi connectivity index (χ0n) is 33.6. The fourth-order valence-corrected chi connectivity index (χ4v) is 7.87. The number of fused-ring (bicyclic) bond motifs is 2. The number of hydrogen-bond donors (Lipinski definition) is 1. The second kappa shape index (κ2) is 18.1. The van der Waals surface area contributed by atoms with E-state index in [9.17, 15) is 9.90 Å². The number of rotatable bonds is 10. The van der Waals surface area contributed by atoms with Crippen molar-refractivity contribution < 1.29 is 31.4 Å². The summed E-state index contributed by atoms with van der Waals surface area (Å²) in [6.45, 7) is 23.8. The Morgan fingerprint density at radius 3 is 2.18 bits per heavy atom. The predicted molar refractivity (Wildman–Crippen MR) is 217 cm³/mol. The summed E-state index contributed by atoms with van der Waals surface area (Å²) in [5.74, 6) is 0.547. The number of aliphatic hydroxyl groups excluding tert-OH is 1. The van der Waals surface area contributed by atoms with Gasteiger partial charge in [0.1, 0.15) is 0 Å². The number of aliphatic hydroxyl groups is 1. The summed E-state index contributed by atoms with van der Waals surface area (Å²) >= 11 is 1.68. The molecule has 3 nitrogen and oxygen atoms in total. The van der Waals surface area contributed by atoms with Gasteiger partial charge in [0, 0.05) is 59.5 Å². The van der Waals surface area contributed by atoms with Crippen LogP contribution in [0.5, 0.6) is 0 Å². The summed E-state index contributed by atoms with van der Waals surface area (Å²) in [6.07, 6.45) is 7.78. The summed E-state index contributed by atoms with van der Waals surface area (Å²) in [4.78, 5) is 17.6. The van der Waals surface area contributed by atoms with Gasteiger partial charge in [-0.15, -0.1) is 40.5 Å². The van der Waals surface area contributed by atoms with E-state index in [1.165, 1.54) is 28.2 Å². The second-order valence-corrected chi connectivity index (χ2v) is 16.9. The molecule has 51 heavy (non-hydrogen) atoms. The van der Waals surface area contributed by atoms with Crippen molar-refractivity contribution in [1.29, 1.82) is 0 Å². The smallest absolute Gasteiger partial charge is 0.162 e. The average Bonchev–Trinajstić information content (AvgIpc) is 3.40. The molecule has 0 amide bonds. The molecular weight excluding hydrogens is 823 g/mol. The van der Waals surface area contributed by atoms with Gasteiger partial charge in [-0.25, -0.2) is 0 Å². The standard InChI is InChI=1S/C33H34NS.C13H24O2.Ir/c1-21-16-22(20-32(2,3)4)12-13-26(21)29-19-24-14-15-34-30(31(24)35-29)25-17-23-10-8-9-11-27(23)28(18-25)33(5,6)7;1-5-10(6-2)12(14)9-13(15)11(7-3)8-4;/h8-16,18-19H,20H2,1-7H3;9-11,14H,5-8H2,1-4H3;/q-1;;/b;12-9-;/i19D;;. The minimum absolute atomic E-state index is 0. The van der Waals surface area contributed by atoms with Crippen LogP contribution in [0.1, 0.15) is 113 Å². The van der Waals surface area contributed by atoms with Crippen molar-refractivity contribution in [2.45, 2.75) is 114 Å². The minimum Gasteiger partial charge on any atom is -0.512 e. The topological polar surface area (TPSA) is 50.2 Å². The number of allylic oxidation sites excluding steroid dienone is 2. The van der Waals surface area contributed by atoms with E-state index < -0.39 is 0 Å². The number of thiophene rings is 1. The van der Waals surface area contributed by atoms with Crippen LogP contribution in [0.3, 0.4) is 0 Å². The SMILES string of the molecule is CCC(CC)C(=O)/C=C(\O)C(CC)CC.[2H]c1c(-c2ccc(CC(C)(C)C)cc2C)sc2c(-c3[c-]c4ccccc4c(C(C)(C)C)c3)nccc12.[Ir]. The summed E-state index contributed by atoms with van der Waals surface area (Å²) in [6, 6.07) is 23.6. The molecule has 0 fully saturated rings. The van der Waals surface area contributed by atoms with Crippen molar-refractivity contribution in [3.63, 3.8) is 0 Å². The fraction of sp³-hybridized carbons (Fsp3) is 0.435. The van der Waals surface area contributed by atoms with Crippen LogP contribution in [0.2, 0.25) is 0 Å². The van der Waals surface area contributed by atoms with Gasteiger partial charge < -0.3 is 5.11 Å². The molecule has 5 heteroatoms. The molecule has 275 valence electrons. The van der Waals surface area contributed by atoms with E-state index in [4.69, 9.17) is 6.35 Å². The van der Waals surface area contributed by atoms with Crippen molar-refractivity contribution >= 4 is 38.0 Å². The van der Waals surface area contributed by atoms with E-state index in [2.05, 4.69) is 103 Å². The third-order valence-electron chi connectivity index (χ3n) is 9.55. The van der Waals surface area contributed by atoms with Crippen LogP contribution in [0, 0.1) is 30.2 Å². The van der Waals surface area contributed by atoms with Crippen molar-refractivity contribution in [3.8, 4) is 21.7 Å². The van der Waals surface area contributed by atoms with Gasteiger partial charge >= 0.3 is 0 Å². The summed E-state index contributed by atoms with van der Waals surface area (Å²) < 4.78 is 10.1. The Bertz CT molecular complexity index is 2010. The molecule has 5 rings (SSSR count). The Kier molecular flexibility index (Phi) is 14.4. The van der Waals surface area contributed by atoms with Crippen LogP contribution < -0.4 is 0 Å². The Morgan fingerprint density at radius 2 is 1.59 bits per heavy atom. The first-order valence-corrected chi connectivity index (χ1v) is 19.2. The summed E-state index contributed by atoms with van der Waals surface area (Å²) in [5, 5.41) is 13.1. The quantitative estimate of drug-likeness (QED) is 0.0864. The zero-order chi connectivity index (χ0) is 37.7.